The van der Waals surface area contributed by atoms with Crippen LogP contribution in [0.1, 0.15) is 51.3 Å². The predicted octanol–water partition coefficient (Wildman–Crippen LogP) is 4.71. The average molecular weight is 362 g/mol. The highest BCUT2D eigenvalue weighted by Crippen LogP contribution is 2.29. The first-order valence-corrected chi connectivity index (χ1v) is 9.40. The van der Waals surface area contributed by atoms with Crippen LogP contribution in [0.4, 0.5) is 0 Å². The lowest BCUT2D eigenvalue weighted by Crippen LogP contribution is -2.32. The molecule has 1 aliphatic rings. The van der Waals surface area contributed by atoms with Crippen molar-refractivity contribution in [1.82, 2.24) is 15.1 Å². The van der Waals surface area contributed by atoms with Gasteiger partial charge in [-0.25, -0.2) is 0 Å². The number of hydrogen-bond acceptors (Lipinski definition) is 4. The van der Waals surface area contributed by atoms with E-state index in [-0.39, 0.29) is 5.91 Å². The Morgan fingerprint density at radius 2 is 2.04 bits per heavy atom. The van der Waals surface area contributed by atoms with E-state index in [2.05, 4.69) is 17.1 Å². The SMILES string of the molecule is CCCN(Cc1nnc(-c2ccccc2Cl)o1)C(=O)CC1CCCC1. The van der Waals surface area contributed by atoms with Crippen LogP contribution < -0.4 is 0 Å². The molecule has 0 spiro atoms. The van der Waals surface area contributed by atoms with Crippen LogP contribution in [0.2, 0.25) is 5.02 Å². The number of rotatable bonds is 7. The van der Waals surface area contributed by atoms with E-state index in [9.17, 15) is 4.79 Å². The number of carbonyl (C=O) groups is 1. The van der Waals surface area contributed by atoms with Crippen molar-refractivity contribution in [3.63, 3.8) is 0 Å². The number of halogens is 1. The van der Waals surface area contributed by atoms with E-state index >= 15 is 0 Å². The predicted molar refractivity (Wildman–Crippen MR) is 97.0 cm³/mol. The first kappa shape index (κ1) is 17.9. The zero-order valence-electron chi connectivity index (χ0n) is 14.6. The van der Waals surface area contributed by atoms with Gasteiger partial charge in [0.2, 0.25) is 17.7 Å². The molecule has 2 aromatic rings. The molecule has 1 aliphatic carbocycles. The Bertz CT molecular complexity index is 710. The van der Waals surface area contributed by atoms with Crippen molar-refractivity contribution in [2.24, 2.45) is 5.92 Å². The molecule has 0 atom stereocenters. The van der Waals surface area contributed by atoms with Gasteiger partial charge in [-0.2, -0.15) is 0 Å². The zero-order valence-corrected chi connectivity index (χ0v) is 15.3. The van der Waals surface area contributed by atoms with E-state index in [1.807, 2.05) is 23.1 Å². The summed E-state index contributed by atoms with van der Waals surface area (Å²) in [5.41, 5.74) is 0.710. The third kappa shape index (κ3) is 4.60. The highest BCUT2D eigenvalue weighted by molar-refractivity contribution is 6.33. The summed E-state index contributed by atoms with van der Waals surface area (Å²) < 4.78 is 5.75. The van der Waals surface area contributed by atoms with Gasteiger partial charge in [0.15, 0.2) is 0 Å². The van der Waals surface area contributed by atoms with Gasteiger partial charge in [-0.1, -0.05) is 43.5 Å². The van der Waals surface area contributed by atoms with Crippen molar-refractivity contribution in [3.05, 3.63) is 35.2 Å². The molecular formula is C19H24ClN3O2. The number of benzene rings is 1. The molecule has 134 valence electrons. The molecule has 0 radical (unpaired) electrons. The van der Waals surface area contributed by atoms with Gasteiger partial charge < -0.3 is 9.32 Å². The smallest absolute Gasteiger partial charge is 0.249 e. The number of aromatic nitrogens is 2. The summed E-state index contributed by atoms with van der Waals surface area (Å²) in [6, 6.07) is 7.36. The molecule has 3 rings (SSSR count). The molecule has 1 aromatic heterocycles. The topological polar surface area (TPSA) is 59.2 Å². The lowest BCUT2D eigenvalue weighted by Gasteiger charge is -2.22. The summed E-state index contributed by atoms with van der Waals surface area (Å²) in [5.74, 6) is 1.56. The minimum absolute atomic E-state index is 0.186. The van der Waals surface area contributed by atoms with Gasteiger partial charge in [-0.05, 0) is 37.3 Å². The largest absolute Gasteiger partial charge is 0.419 e. The van der Waals surface area contributed by atoms with Gasteiger partial charge >= 0.3 is 0 Å². The van der Waals surface area contributed by atoms with E-state index in [0.29, 0.717) is 47.8 Å². The Hall–Kier alpha value is -1.88. The van der Waals surface area contributed by atoms with Crippen LogP contribution in [-0.2, 0) is 11.3 Å². The Balaban J connectivity index is 1.68. The van der Waals surface area contributed by atoms with Crippen LogP contribution in [0.15, 0.2) is 28.7 Å². The summed E-state index contributed by atoms with van der Waals surface area (Å²) in [6.45, 7) is 3.13. The van der Waals surface area contributed by atoms with Gasteiger partial charge in [0.1, 0.15) is 0 Å². The maximum atomic E-state index is 12.6. The number of nitrogens with zero attached hydrogens (tertiary/aromatic N) is 3. The van der Waals surface area contributed by atoms with E-state index in [4.69, 9.17) is 16.0 Å². The first-order chi connectivity index (χ1) is 12.2. The van der Waals surface area contributed by atoms with Gasteiger partial charge in [-0.3, -0.25) is 4.79 Å². The molecule has 1 fully saturated rings. The molecule has 6 heteroatoms. The van der Waals surface area contributed by atoms with Crippen LogP contribution in [0.3, 0.4) is 0 Å². The lowest BCUT2D eigenvalue weighted by molar-refractivity contribution is -0.133. The summed E-state index contributed by atoms with van der Waals surface area (Å²) in [4.78, 5) is 14.5. The average Bonchev–Trinajstić information content (AvgIpc) is 3.27. The second kappa shape index (κ2) is 8.48. The molecule has 1 saturated carbocycles. The van der Waals surface area contributed by atoms with Crippen LogP contribution in [0.25, 0.3) is 11.5 Å². The Morgan fingerprint density at radius 1 is 1.28 bits per heavy atom. The van der Waals surface area contributed by atoms with Crippen molar-refractivity contribution in [3.8, 4) is 11.5 Å². The Kier molecular flexibility index (Phi) is 6.08. The Labute approximate surface area is 153 Å². The standard InChI is InChI=1S/C19H24ClN3O2/c1-2-11-23(18(24)12-14-7-3-4-8-14)13-17-21-22-19(25-17)15-9-5-6-10-16(15)20/h5-6,9-10,14H,2-4,7-8,11-13H2,1H3. The van der Waals surface area contributed by atoms with Crippen LogP contribution in [0, 0.1) is 5.92 Å². The molecule has 0 N–H and O–H groups in total. The molecule has 0 aliphatic heterocycles. The van der Waals surface area contributed by atoms with Gasteiger partial charge in [0.05, 0.1) is 17.1 Å². The van der Waals surface area contributed by atoms with E-state index in [1.54, 1.807) is 6.07 Å². The second-order valence-electron chi connectivity index (χ2n) is 6.65. The highest BCUT2D eigenvalue weighted by Gasteiger charge is 2.23. The molecule has 0 bridgehead atoms. The molecule has 25 heavy (non-hydrogen) atoms. The minimum atomic E-state index is 0.186. The zero-order chi connectivity index (χ0) is 17.6. The van der Waals surface area contributed by atoms with E-state index in [1.165, 1.54) is 25.7 Å². The van der Waals surface area contributed by atoms with Crippen LogP contribution in [-0.4, -0.2) is 27.5 Å². The number of hydrogen-bond donors (Lipinski definition) is 0. The normalized spacial score (nSPS) is 14.8. The van der Waals surface area contributed by atoms with Gasteiger partial charge in [-0.15, -0.1) is 10.2 Å². The third-order valence-corrected chi connectivity index (χ3v) is 5.01. The molecule has 1 aromatic carbocycles. The fourth-order valence-corrected chi connectivity index (χ4v) is 3.59. The molecule has 1 heterocycles. The van der Waals surface area contributed by atoms with E-state index < -0.39 is 0 Å². The minimum Gasteiger partial charge on any atom is -0.419 e. The van der Waals surface area contributed by atoms with Crippen molar-refractivity contribution in [1.29, 1.82) is 0 Å². The first-order valence-electron chi connectivity index (χ1n) is 9.02. The van der Waals surface area contributed by atoms with Crippen molar-refractivity contribution in [2.75, 3.05) is 6.54 Å². The monoisotopic (exact) mass is 361 g/mol. The maximum Gasteiger partial charge on any atom is 0.249 e. The quantitative estimate of drug-likeness (QED) is 0.716. The van der Waals surface area contributed by atoms with Crippen LogP contribution in [0.5, 0.6) is 0 Å². The number of carbonyl (C=O) groups excluding carboxylic acids is 1. The fourth-order valence-electron chi connectivity index (χ4n) is 3.38. The summed E-state index contributed by atoms with van der Waals surface area (Å²) >= 11 is 6.18. The van der Waals surface area contributed by atoms with Gasteiger partial charge in [0.25, 0.3) is 0 Å². The Morgan fingerprint density at radius 3 is 2.76 bits per heavy atom. The summed E-state index contributed by atoms with van der Waals surface area (Å²) in [7, 11) is 0. The lowest BCUT2D eigenvalue weighted by atomic mass is 10.0. The maximum absolute atomic E-state index is 12.6. The van der Waals surface area contributed by atoms with Crippen LogP contribution >= 0.6 is 11.6 Å². The second-order valence-corrected chi connectivity index (χ2v) is 7.06. The van der Waals surface area contributed by atoms with Gasteiger partial charge in [0, 0.05) is 13.0 Å². The summed E-state index contributed by atoms with van der Waals surface area (Å²) in [5, 5.41) is 8.75. The van der Waals surface area contributed by atoms with Crippen molar-refractivity contribution >= 4 is 17.5 Å². The molecule has 0 unspecified atom stereocenters. The third-order valence-electron chi connectivity index (χ3n) is 4.68. The fraction of sp³-hybridized carbons (Fsp3) is 0.526. The molecule has 1 amide bonds. The highest BCUT2D eigenvalue weighted by atomic mass is 35.5. The molecule has 0 saturated heterocycles. The molecule has 5 nitrogen and oxygen atoms in total. The van der Waals surface area contributed by atoms with Crippen molar-refractivity contribution in [2.45, 2.75) is 52.0 Å². The number of amides is 1. The summed E-state index contributed by atoms with van der Waals surface area (Å²) in [6.07, 6.45) is 6.37. The molecular weight excluding hydrogens is 338 g/mol. The van der Waals surface area contributed by atoms with E-state index in [0.717, 1.165) is 6.42 Å². The van der Waals surface area contributed by atoms with Crippen molar-refractivity contribution < 1.29 is 9.21 Å².